The van der Waals surface area contributed by atoms with Crippen LogP contribution in [0.15, 0.2) is 0 Å². The van der Waals surface area contributed by atoms with Crippen molar-refractivity contribution in [3.05, 3.63) is 0 Å². The van der Waals surface area contributed by atoms with Gasteiger partial charge in [-0.15, -0.1) is 0 Å². The van der Waals surface area contributed by atoms with Gasteiger partial charge in [0.05, 0.1) is 0 Å². The highest BCUT2D eigenvalue weighted by Gasteiger charge is 2.39. The maximum atomic E-state index is 9.39. The zero-order valence-electron chi connectivity index (χ0n) is 7.71. The van der Waals surface area contributed by atoms with Crippen molar-refractivity contribution in [3.63, 3.8) is 0 Å². The van der Waals surface area contributed by atoms with E-state index in [-0.39, 0.29) is 11.8 Å². The number of hydrogen-bond acceptors (Lipinski definition) is 3. The molecule has 0 aromatic heterocycles. The van der Waals surface area contributed by atoms with E-state index in [1.807, 2.05) is 0 Å². The average molecular weight is 170 g/mol. The van der Waals surface area contributed by atoms with Crippen LogP contribution in [-0.2, 0) is 0 Å². The first kappa shape index (κ1) is 8.48. The first-order valence-corrected chi connectivity index (χ1v) is 4.85. The number of aliphatic hydroxyl groups excluding tert-OH is 1. The molecule has 1 spiro atoms. The zero-order valence-corrected chi connectivity index (χ0v) is 7.71. The van der Waals surface area contributed by atoms with Crippen molar-refractivity contribution in [1.29, 1.82) is 0 Å². The van der Waals surface area contributed by atoms with E-state index in [2.05, 4.69) is 17.3 Å². The first-order chi connectivity index (χ1) is 5.70. The predicted octanol–water partition coefficient (Wildman–Crippen LogP) is 0.153. The Bertz CT molecular complexity index is 164. The van der Waals surface area contributed by atoms with Crippen LogP contribution < -0.4 is 5.32 Å². The van der Waals surface area contributed by atoms with E-state index in [1.165, 1.54) is 25.9 Å². The van der Waals surface area contributed by atoms with Crippen molar-refractivity contribution in [1.82, 2.24) is 10.2 Å². The molecule has 2 aliphatic rings. The SMILES string of the molecule is CN1CCC2(CCC(O)N2)CC1. The molecule has 0 radical (unpaired) electrons. The molecular formula is C9H18N2O. The lowest BCUT2D eigenvalue weighted by Gasteiger charge is -2.38. The monoisotopic (exact) mass is 170 g/mol. The van der Waals surface area contributed by atoms with E-state index in [9.17, 15) is 5.11 Å². The first-order valence-electron chi connectivity index (χ1n) is 4.85. The zero-order chi connectivity index (χ0) is 8.60. The van der Waals surface area contributed by atoms with Crippen molar-refractivity contribution in [3.8, 4) is 0 Å². The fourth-order valence-electron chi connectivity index (χ4n) is 2.35. The molecule has 2 aliphatic heterocycles. The molecule has 3 heteroatoms. The van der Waals surface area contributed by atoms with Crippen LogP contribution in [0, 0.1) is 0 Å². The average Bonchev–Trinajstić information content (AvgIpc) is 2.40. The summed E-state index contributed by atoms with van der Waals surface area (Å²) in [5, 5.41) is 12.7. The Morgan fingerprint density at radius 1 is 1.33 bits per heavy atom. The quantitative estimate of drug-likeness (QED) is 0.543. The van der Waals surface area contributed by atoms with Crippen molar-refractivity contribution in [2.24, 2.45) is 0 Å². The molecule has 12 heavy (non-hydrogen) atoms. The topological polar surface area (TPSA) is 35.5 Å². The van der Waals surface area contributed by atoms with Crippen molar-refractivity contribution < 1.29 is 5.11 Å². The number of nitrogens with zero attached hydrogens (tertiary/aromatic N) is 1. The second-order valence-electron chi connectivity index (χ2n) is 4.28. The van der Waals surface area contributed by atoms with Gasteiger partial charge in [0.25, 0.3) is 0 Å². The van der Waals surface area contributed by atoms with Crippen LogP contribution >= 0.6 is 0 Å². The number of piperidine rings is 1. The third-order valence-electron chi connectivity index (χ3n) is 3.31. The molecule has 0 aromatic rings. The van der Waals surface area contributed by atoms with E-state index in [0.717, 1.165) is 12.8 Å². The summed E-state index contributed by atoms with van der Waals surface area (Å²) < 4.78 is 0. The molecule has 3 nitrogen and oxygen atoms in total. The molecular weight excluding hydrogens is 152 g/mol. The van der Waals surface area contributed by atoms with Crippen molar-refractivity contribution in [2.75, 3.05) is 20.1 Å². The molecule has 2 heterocycles. The molecule has 0 amide bonds. The molecule has 2 fully saturated rings. The van der Waals surface area contributed by atoms with Crippen LogP contribution in [0.5, 0.6) is 0 Å². The molecule has 0 aromatic carbocycles. The van der Waals surface area contributed by atoms with Gasteiger partial charge in [0, 0.05) is 5.54 Å². The Morgan fingerprint density at radius 3 is 2.50 bits per heavy atom. The summed E-state index contributed by atoms with van der Waals surface area (Å²) in [5.74, 6) is 0. The molecule has 1 unspecified atom stereocenters. The van der Waals surface area contributed by atoms with Gasteiger partial charge >= 0.3 is 0 Å². The highest BCUT2D eigenvalue weighted by atomic mass is 16.3. The van der Waals surface area contributed by atoms with E-state index in [1.54, 1.807) is 0 Å². The molecule has 0 aliphatic carbocycles. The lowest BCUT2D eigenvalue weighted by molar-refractivity contribution is 0.111. The Labute approximate surface area is 73.8 Å². The Morgan fingerprint density at radius 2 is 2.00 bits per heavy atom. The number of likely N-dealkylation sites (tertiary alicyclic amines) is 1. The van der Waals surface area contributed by atoms with Crippen LogP contribution in [0.4, 0.5) is 0 Å². The van der Waals surface area contributed by atoms with E-state index in [0.29, 0.717) is 0 Å². The normalized spacial score (nSPS) is 36.0. The summed E-state index contributed by atoms with van der Waals surface area (Å²) in [4.78, 5) is 2.36. The second kappa shape index (κ2) is 2.98. The Hall–Kier alpha value is -0.120. The number of hydrogen-bond donors (Lipinski definition) is 2. The largest absolute Gasteiger partial charge is 0.379 e. The van der Waals surface area contributed by atoms with E-state index >= 15 is 0 Å². The number of nitrogens with one attached hydrogen (secondary N) is 1. The summed E-state index contributed by atoms with van der Waals surface area (Å²) in [6.07, 6.45) is 4.24. The van der Waals surface area contributed by atoms with Gasteiger partial charge in [-0.2, -0.15) is 0 Å². The number of rotatable bonds is 0. The molecule has 2 saturated heterocycles. The summed E-state index contributed by atoms with van der Waals surface area (Å²) >= 11 is 0. The van der Waals surface area contributed by atoms with Crippen molar-refractivity contribution in [2.45, 2.75) is 37.5 Å². The highest BCUT2D eigenvalue weighted by Crippen LogP contribution is 2.32. The van der Waals surface area contributed by atoms with Gasteiger partial charge < -0.3 is 10.0 Å². The third-order valence-corrected chi connectivity index (χ3v) is 3.31. The van der Waals surface area contributed by atoms with Crippen LogP contribution in [0.3, 0.4) is 0 Å². The lowest BCUT2D eigenvalue weighted by Crippen LogP contribution is -2.50. The van der Waals surface area contributed by atoms with Crippen LogP contribution in [0.1, 0.15) is 25.7 Å². The Balaban J connectivity index is 1.95. The third kappa shape index (κ3) is 1.49. The lowest BCUT2D eigenvalue weighted by atomic mass is 9.86. The van der Waals surface area contributed by atoms with Crippen LogP contribution in [-0.4, -0.2) is 41.9 Å². The van der Waals surface area contributed by atoms with Gasteiger partial charge in [-0.25, -0.2) is 0 Å². The van der Waals surface area contributed by atoms with Gasteiger partial charge in [0.2, 0.25) is 0 Å². The maximum absolute atomic E-state index is 9.39. The summed E-state index contributed by atoms with van der Waals surface area (Å²) in [7, 11) is 2.16. The highest BCUT2D eigenvalue weighted by molar-refractivity contribution is 4.97. The minimum Gasteiger partial charge on any atom is -0.379 e. The molecule has 2 rings (SSSR count). The van der Waals surface area contributed by atoms with Gasteiger partial charge in [0.15, 0.2) is 0 Å². The number of aliphatic hydroxyl groups is 1. The molecule has 0 saturated carbocycles. The molecule has 1 atom stereocenters. The Kier molecular flexibility index (Phi) is 2.10. The molecule has 70 valence electrons. The van der Waals surface area contributed by atoms with Gasteiger partial charge in [-0.05, 0) is 45.8 Å². The van der Waals surface area contributed by atoms with Gasteiger partial charge in [0.1, 0.15) is 6.23 Å². The van der Waals surface area contributed by atoms with E-state index in [4.69, 9.17) is 0 Å². The van der Waals surface area contributed by atoms with Crippen molar-refractivity contribution >= 4 is 0 Å². The summed E-state index contributed by atoms with van der Waals surface area (Å²) in [5.41, 5.74) is 0.284. The minimum atomic E-state index is -0.242. The predicted molar refractivity (Wildman–Crippen MR) is 47.8 cm³/mol. The second-order valence-corrected chi connectivity index (χ2v) is 4.28. The van der Waals surface area contributed by atoms with Crippen LogP contribution in [0.25, 0.3) is 0 Å². The maximum Gasteiger partial charge on any atom is 0.105 e. The van der Waals surface area contributed by atoms with E-state index < -0.39 is 0 Å². The fraction of sp³-hybridized carbons (Fsp3) is 1.00. The standard InChI is InChI=1S/C9H18N2O/c1-11-6-4-9(5-7-11)3-2-8(12)10-9/h8,10,12H,2-7H2,1H3. The fourth-order valence-corrected chi connectivity index (χ4v) is 2.35. The smallest absolute Gasteiger partial charge is 0.105 e. The van der Waals surface area contributed by atoms with Gasteiger partial charge in [-0.3, -0.25) is 5.32 Å². The molecule has 2 N–H and O–H groups in total. The van der Waals surface area contributed by atoms with Crippen LogP contribution in [0.2, 0.25) is 0 Å². The summed E-state index contributed by atoms with van der Waals surface area (Å²) in [6, 6.07) is 0. The minimum absolute atomic E-state index is 0.242. The van der Waals surface area contributed by atoms with Gasteiger partial charge in [-0.1, -0.05) is 0 Å². The summed E-state index contributed by atoms with van der Waals surface area (Å²) in [6.45, 7) is 2.33. The molecule has 0 bridgehead atoms.